The fourth-order valence-electron chi connectivity index (χ4n) is 2.18. The molecule has 5 heteroatoms. The maximum absolute atomic E-state index is 13.1. The average molecular weight is 317 g/mol. The van der Waals surface area contributed by atoms with Crippen LogP contribution in [-0.2, 0) is 16.1 Å². The number of rotatable bonds is 7. The summed E-state index contributed by atoms with van der Waals surface area (Å²) in [5.74, 6) is -0.777. The molecule has 2 aromatic rings. The zero-order valence-corrected chi connectivity index (χ0v) is 13.0. The van der Waals surface area contributed by atoms with Crippen molar-refractivity contribution in [1.29, 1.82) is 0 Å². The highest BCUT2D eigenvalue weighted by Gasteiger charge is 2.14. The van der Waals surface area contributed by atoms with Crippen LogP contribution < -0.4 is 5.32 Å². The molecule has 0 aliphatic heterocycles. The third-order valence-electron chi connectivity index (χ3n) is 3.30. The number of nitrogens with one attached hydrogen (secondary N) is 1. The third kappa shape index (κ3) is 5.47. The van der Waals surface area contributed by atoms with E-state index >= 15 is 0 Å². The average Bonchev–Trinajstić information content (AvgIpc) is 2.53. The number of amides is 1. The topological polar surface area (TPSA) is 58.6 Å². The summed E-state index contributed by atoms with van der Waals surface area (Å²) in [6, 6.07) is 12.9. The van der Waals surface area contributed by atoms with Crippen molar-refractivity contribution in [2.75, 3.05) is 11.9 Å². The number of aliphatic hydroxyl groups is 1. The molecule has 2 aromatic carbocycles. The number of hydrogen-bond donors (Lipinski definition) is 2. The van der Waals surface area contributed by atoms with Gasteiger partial charge in [-0.3, -0.25) is 4.79 Å². The summed E-state index contributed by atoms with van der Waals surface area (Å²) in [6.07, 6.45) is -1.18. The Balaban J connectivity index is 1.94. The van der Waals surface area contributed by atoms with Crippen molar-refractivity contribution >= 4 is 11.6 Å². The van der Waals surface area contributed by atoms with Gasteiger partial charge in [-0.15, -0.1) is 0 Å². The number of carbonyl (C=O) groups is 1. The van der Waals surface area contributed by atoms with E-state index in [4.69, 9.17) is 4.74 Å². The molecule has 23 heavy (non-hydrogen) atoms. The van der Waals surface area contributed by atoms with Gasteiger partial charge in [0.2, 0.25) is 5.91 Å². The van der Waals surface area contributed by atoms with Crippen molar-refractivity contribution in [1.82, 2.24) is 0 Å². The smallest absolute Gasteiger partial charge is 0.227 e. The Morgan fingerprint density at radius 1 is 1.26 bits per heavy atom. The molecule has 122 valence electrons. The van der Waals surface area contributed by atoms with Gasteiger partial charge in [-0.05, 0) is 42.3 Å². The Labute approximate surface area is 134 Å². The summed E-state index contributed by atoms with van der Waals surface area (Å²) in [4.78, 5) is 12.0. The zero-order chi connectivity index (χ0) is 16.7. The van der Waals surface area contributed by atoms with Crippen molar-refractivity contribution in [2.45, 2.75) is 26.1 Å². The van der Waals surface area contributed by atoms with Crippen LogP contribution in [0.1, 0.15) is 30.6 Å². The Hall–Kier alpha value is -2.24. The molecule has 0 saturated heterocycles. The van der Waals surface area contributed by atoms with E-state index in [1.807, 2.05) is 25.1 Å². The number of carbonyl (C=O) groups excluding carboxylic acids is 1. The SMILES string of the molecule is CCOCc1cccc(NC(=O)CC(O)c2cccc(F)c2)c1. The second-order valence-corrected chi connectivity index (χ2v) is 5.16. The number of aliphatic hydroxyl groups excluding tert-OH is 1. The van der Waals surface area contributed by atoms with Gasteiger partial charge in [-0.2, -0.15) is 0 Å². The number of hydrogen-bond acceptors (Lipinski definition) is 3. The molecule has 1 unspecified atom stereocenters. The second-order valence-electron chi connectivity index (χ2n) is 5.16. The quantitative estimate of drug-likeness (QED) is 0.822. The summed E-state index contributed by atoms with van der Waals surface area (Å²) >= 11 is 0. The first-order valence-electron chi connectivity index (χ1n) is 7.48. The van der Waals surface area contributed by atoms with Gasteiger partial charge in [0.1, 0.15) is 5.82 Å². The standard InChI is InChI=1S/C18H20FNO3/c1-2-23-12-13-5-3-8-16(9-13)20-18(22)11-17(21)14-6-4-7-15(19)10-14/h3-10,17,21H,2,11-12H2,1H3,(H,20,22). The van der Waals surface area contributed by atoms with Gasteiger partial charge in [-0.25, -0.2) is 4.39 Å². The van der Waals surface area contributed by atoms with E-state index < -0.39 is 11.9 Å². The van der Waals surface area contributed by atoms with Crippen LogP contribution in [0.25, 0.3) is 0 Å². The van der Waals surface area contributed by atoms with Crippen LogP contribution in [0.4, 0.5) is 10.1 Å². The van der Waals surface area contributed by atoms with Crippen molar-refractivity contribution in [3.05, 3.63) is 65.5 Å². The molecule has 1 amide bonds. The fourth-order valence-corrected chi connectivity index (χ4v) is 2.18. The van der Waals surface area contributed by atoms with E-state index in [1.54, 1.807) is 12.1 Å². The van der Waals surface area contributed by atoms with Gasteiger partial charge in [0, 0.05) is 12.3 Å². The lowest BCUT2D eigenvalue weighted by Crippen LogP contribution is -2.15. The zero-order valence-electron chi connectivity index (χ0n) is 13.0. The normalized spacial score (nSPS) is 12.0. The first-order valence-corrected chi connectivity index (χ1v) is 7.48. The van der Waals surface area contributed by atoms with Crippen LogP contribution in [0.15, 0.2) is 48.5 Å². The summed E-state index contributed by atoms with van der Waals surface area (Å²) in [6.45, 7) is 3.02. The van der Waals surface area contributed by atoms with Crippen LogP contribution in [0.3, 0.4) is 0 Å². The Morgan fingerprint density at radius 2 is 2.04 bits per heavy atom. The van der Waals surface area contributed by atoms with Gasteiger partial charge in [0.05, 0.1) is 19.1 Å². The first kappa shape index (κ1) is 17.1. The van der Waals surface area contributed by atoms with Crippen LogP contribution in [0.5, 0.6) is 0 Å². The van der Waals surface area contributed by atoms with E-state index in [2.05, 4.69) is 5.32 Å². The van der Waals surface area contributed by atoms with Crippen molar-refractivity contribution in [3.63, 3.8) is 0 Å². The van der Waals surface area contributed by atoms with Gasteiger partial charge in [-0.1, -0.05) is 24.3 Å². The molecule has 4 nitrogen and oxygen atoms in total. The molecule has 0 heterocycles. The molecule has 0 aliphatic carbocycles. The summed E-state index contributed by atoms with van der Waals surface area (Å²) in [7, 11) is 0. The predicted molar refractivity (Wildman–Crippen MR) is 86.4 cm³/mol. The minimum absolute atomic E-state index is 0.140. The molecule has 0 bridgehead atoms. The highest BCUT2D eigenvalue weighted by atomic mass is 19.1. The van der Waals surface area contributed by atoms with Gasteiger partial charge in [0.15, 0.2) is 0 Å². The second kappa shape index (κ2) is 8.41. The fraction of sp³-hybridized carbons (Fsp3) is 0.278. The molecule has 0 radical (unpaired) electrons. The summed E-state index contributed by atoms with van der Waals surface area (Å²) < 4.78 is 18.5. The molecule has 0 saturated carbocycles. The highest BCUT2D eigenvalue weighted by Crippen LogP contribution is 2.19. The molecule has 0 aromatic heterocycles. The van der Waals surface area contributed by atoms with Gasteiger partial charge in [0.25, 0.3) is 0 Å². The number of anilines is 1. The Bertz CT molecular complexity index is 660. The minimum atomic E-state index is -1.04. The predicted octanol–water partition coefficient (Wildman–Crippen LogP) is 3.42. The van der Waals surface area contributed by atoms with E-state index in [0.717, 1.165) is 5.56 Å². The van der Waals surface area contributed by atoms with Crippen molar-refractivity contribution in [2.24, 2.45) is 0 Å². The van der Waals surface area contributed by atoms with Crippen LogP contribution >= 0.6 is 0 Å². The van der Waals surface area contributed by atoms with Gasteiger partial charge >= 0.3 is 0 Å². The van der Waals surface area contributed by atoms with Crippen LogP contribution in [-0.4, -0.2) is 17.6 Å². The molecule has 2 N–H and O–H groups in total. The van der Waals surface area contributed by atoms with Crippen LogP contribution in [0.2, 0.25) is 0 Å². The Kier molecular flexibility index (Phi) is 6.26. The van der Waals surface area contributed by atoms with Crippen LogP contribution in [0, 0.1) is 5.82 Å². The molecular weight excluding hydrogens is 297 g/mol. The molecule has 0 spiro atoms. The lowest BCUT2D eigenvalue weighted by atomic mass is 10.1. The number of benzene rings is 2. The summed E-state index contributed by atoms with van der Waals surface area (Å²) in [5.41, 5.74) is 1.97. The largest absolute Gasteiger partial charge is 0.388 e. The molecule has 2 rings (SSSR count). The summed E-state index contributed by atoms with van der Waals surface area (Å²) in [5, 5.41) is 12.7. The first-order chi connectivity index (χ1) is 11.1. The maximum atomic E-state index is 13.1. The van der Waals surface area contributed by atoms with E-state index in [-0.39, 0.29) is 12.3 Å². The van der Waals surface area contributed by atoms with Crippen molar-refractivity contribution < 1.29 is 19.0 Å². The Morgan fingerprint density at radius 3 is 2.78 bits per heavy atom. The number of ether oxygens (including phenoxy) is 1. The van der Waals surface area contributed by atoms with E-state index in [9.17, 15) is 14.3 Å². The molecule has 0 aliphatic rings. The molecule has 0 fully saturated rings. The van der Waals surface area contributed by atoms with E-state index in [1.165, 1.54) is 18.2 Å². The van der Waals surface area contributed by atoms with Crippen molar-refractivity contribution in [3.8, 4) is 0 Å². The van der Waals surface area contributed by atoms with Gasteiger partial charge < -0.3 is 15.2 Å². The molecular formula is C18H20FNO3. The monoisotopic (exact) mass is 317 g/mol. The lowest BCUT2D eigenvalue weighted by molar-refractivity contribution is -0.118. The minimum Gasteiger partial charge on any atom is -0.388 e. The third-order valence-corrected chi connectivity index (χ3v) is 3.30. The number of halogens is 1. The van der Waals surface area contributed by atoms with E-state index in [0.29, 0.717) is 24.5 Å². The maximum Gasteiger partial charge on any atom is 0.227 e. The lowest BCUT2D eigenvalue weighted by Gasteiger charge is -2.12. The molecule has 1 atom stereocenters. The highest BCUT2D eigenvalue weighted by molar-refractivity contribution is 5.91.